The quantitative estimate of drug-likeness (QED) is 0.756. The molecule has 3 aliphatic rings. The van der Waals surface area contributed by atoms with Gasteiger partial charge in [0.25, 0.3) is 10.1 Å². The third kappa shape index (κ3) is 2.77. The minimum Gasteiger partial charge on any atom is -0.370 e. The summed E-state index contributed by atoms with van der Waals surface area (Å²) in [6.45, 7) is 5.62. The molecule has 0 N–H and O–H groups in total. The Morgan fingerprint density at radius 3 is 2.50 bits per heavy atom. The second kappa shape index (κ2) is 5.48. The van der Waals surface area contributed by atoms with Crippen LogP contribution >= 0.6 is 0 Å². The van der Waals surface area contributed by atoms with Gasteiger partial charge in [0.15, 0.2) is 12.1 Å². The number of ether oxygens (including phenoxy) is 4. The Bertz CT molecular complexity index is 727. The maximum Gasteiger partial charge on any atom is 0.297 e. The molecular weight excluding hydrogens is 336 g/mol. The lowest BCUT2D eigenvalue weighted by Gasteiger charge is -2.22. The van der Waals surface area contributed by atoms with E-state index in [1.165, 1.54) is 12.1 Å². The van der Waals surface area contributed by atoms with Crippen molar-refractivity contribution in [2.75, 3.05) is 6.61 Å². The summed E-state index contributed by atoms with van der Waals surface area (Å²) in [6.07, 6.45) is -2.59. The molecule has 8 heteroatoms. The number of hydrogen-bond acceptors (Lipinski definition) is 7. The predicted molar refractivity (Wildman–Crippen MR) is 81.7 cm³/mol. The van der Waals surface area contributed by atoms with Gasteiger partial charge in [0, 0.05) is 0 Å². The second-order valence-corrected chi connectivity index (χ2v) is 8.34. The van der Waals surface area contributed by atoms with E-state index in [4.69, 9.17) is 23.1 Å². The molecule has 3 saturated heterocycles. The van der Waals surface area contributed by atoms with Gasteiger partial charge in [-0.25, -0.2) is 0 Å². The van der Waals surface area contributed by atoms with Gasteiger partial charge in [0.05, 0.1) is 11.5 Å². The van der Waals surface area contributed by atoms with Crippen molar-refractivity contribution in [3.8, 4) is 0 Å². The predicted octanol–water partition coefficient (Wildman–Crippen LogP) is 1.34. The molecular formula is C16H20O7S. The van der Waals surface area contributed by atoms with E-state index in [0.717, 1.165) is 5.56 Å². The van der Waals surface area contributed by atoms with Crippen LogP contribution in [-0.4, -0.2) is 51.5 Å². The summed E-state index contributed by atoms with van der Waals surface area (Å²) in [5.74, 6) is -0.740. The van der Waals surface area contributed by atoms with E-state index in [2.05, 4.69) is 0 Å². The van der Waals surface area contributed by atoms with E-state index in [0.29, 0.717) is 0 Å². The van der Waals surface area contributed by atoms with Crippen LogP contribution in [0.15, 0.2) is 29.2 Å². The first-order valence-electron chi connectivity index (χ1n) is 7.88. The van der Waals surface area contributed by atoms with Gasteiger partial charge in [0.2, 0.25) is 0 Å². The van der Waals surface area contributed by atoms with Gasteiger partial charge in [-0.3, -0.25) is 4.18 Å². The topological polar surface area (TPSA) is 80.3 Å². The van der Waals surface area contributed by atoms with Crippen LogP contribution < -0.4 is 0 Å². The van der Waals surface area contributed by atoms with Crippen LogP contribution in [-0.2, 0) is 33.2 Å². The monoisotopic (exact) mass is 356 g/mol. The van der Waals surface area contributed by atoms with E-state index in [-0.39, 0.29) is 17.6 Å². The van der Waals surface area contributed by atoms with Crippen molar-refractivity contribution >= 4 is 10.1 Å². The number of rotatable bonds is 3. The highest BCUT2D eigenvalue weighted by atomic mass is 32.2. The smallest absolute Gasteiger partial charge is 0.297 e. The van der Waals surface area contributed by atoms with Gasteiger partial charge in [-0.1, -0.05) is 17.7 Å². The Morgan fingerprint density at radius 1 is 1.08 bits per heavy atom. The lowest BCUT2D eigenvalue weighted by atomic mass is 10.1. The number of hydrogen-bond donors (Lipinski definition) is 0. The van der Waals surface area contributed by atoms with Crippen molar-refractivity contribution in [2.24, 2.45) is 0 Å². The first kappa shape index (κ1) is 16.4. The van der Waals surface area contributed by atoms with Gasteiger partial charge >= 0.3 is 0 Å². The van der Waals surface area contributed by atoms with Crippen LogP contribution in [0.2, 0.25) is 0 Å². The molecule has 0 aromatic heterocycles. The molecule has 3 fully saturated rings. The molecule has 1 aromatic carbocycles. The third-order valence-electron chi connectivity index (χ3n) is 4.41. The summed E-state index contributed by atoms with van der Waals surface area (Å²) in [5, 5.41) is 0. The average molecular weight is 356 g/mol. The highest BCUT2D eigenvalue weighted by molar-refractivity contribution is 7.86. The molecule has 5 atom stereocenters. The molecule has 0 amide bonds. The van der Waals surface area contributed by atoms with Gasteiger partial charge in [-0.2, -0.15) is 8.42 Å². The Balaban J connectivity index is 1.49. The van der Waals surface area contributed by atoms with E-state index in [1.807, 2.05) is 6.92 Å². The summed E-state index contributed by atoms with van der Waals surface area (Å²) in [7, 11) is -3.89. The first-order valence-corrected chi connectivity index (χ1v) is 9.29. The molecule has 0 bridgehead atoms. The van der Waals surface area contributed by atoms with Crippen LogP contribution in [0.5, 0.6) is 0 Å². The molecule has 132 valence electrons. The second-order valence-electron chi connectivity index (χ2n) is 6.77. The largest absolute Gasteiger partial charge is 0.370 e. The molecule has 1 aromatic rings. The zero-order chi connectivity index (χ0) is 17.1. The molecule has 0 saturated carbocycles. The lowest BCUT2D eigenvalue weighted by Crippen LogP contribution is -2.37. The first-order chi connectivity index (χ1) is 11.3. The van der Waals surface area contributed by atoms with Gasteiger partial charge in [-0.05, 0) is 32.9 Å². The highest BCUT2D eigenvalue weighted by Crippen LogP contribution is 2.43. The van der Waals surface area contributed by atoms with Crippen molar-refractivity contribution in [1.29, 1.82) is 0 Å². The SMILES string of the molecule is Cc1ccc(S(=O)(=O)O[C@H]2CO[C@@H]3[C@H]4OC(C)(C)O[C@H]4O[C@@H]32)cc1. The van der Waals surface area contributed by atoms with Crippen LogP contribution in [0.25, 0.3) is 0 Å². The molecule has 24 heavy (non-hydrogen) atoms. The fourth-order valence-electron chi connectivity index (χ4n) is 3.30. The lowest BCUT2D eigenvalue weighted by molar-refractivity contribution is -0.213. The molecule has 0 unspecified atom stereocenters. The van der Waals surface area contributed by atoms with Crippen molar-refractivity contribution in [3.63, 3.8) is 0 Å². The fourth-order valence-corrected chi connectivity index (χ4v) is 4.37. The standard InChI is InChI=1S/C16H20O7S/c1-9-4-6-10(7-5-9)24(17,18)23-11-8-19-13-12(11)20-15-14(13)21-16(2,3)22-15/h4-7,11-15H,8H2,1-3H3/t11-,12+,13-,14+,15+/m0/s1. The average Bonchev–Trinajstić information content (AvgIpc) is 3.09. The summed E-state index contributed by atoms with van der Waals surface area (Å²) < 4.78 is 53.2. The molecule has 4 rings (SSSR count). The third-order valence-corrected chi connectivity index (χ3v) is 5.76. The fraction of sp³-hybridized carbons (Fsp3) is 0.625. The number of benzene rings is 1. The van der Waals surface area contributed by atoms with Crippen LogP contribution in [0.3, 0.4) is 0 Å². The normalized spacial score (nSPS) is 37.4. The van der Waals surface area contributed by atoms with Crippen LogP contribution in [0, 0.1) is 6.92 Å². The summed E-state index contributed by atoms with van der Waals surface area (Å²) in [6, 6.07) is 6.50. The minimum atomic E-state index is -3.89. The Hall–Kier alpha value is -1.03. The molecule has 3 heterocycles. The van der Waals surface area contributed by atoms with E-state index >= 15 is 0 Å². The van der Waals surface area contributed by atoms with E-state index in [1.54, 1.807) is 26.0 Å². The zero-order valence-corrected chi connectivity index (χ0v) is 14.5. The molecule has 0 spiro atoms. The molecule has 0 radical (unpaired) electrons. The van der Waals surface area contributed by atoms with Gasteiger partial charge in [-0.15, -0.1) is 0 Å². The van der Waals surface area contributed by atoms with Gasteiger partial charge in [0.1, 0.15) is 24.4 Å². The number of fused-ring (bicyclic) bond motifs is 3. The van der Waals surface area contributed by atoms with E-state index in [9.17, 15) is 8.42 Å². The maximum atomic E-state index is 12.4. The molecule has 3 aliphatic heterocycles. The highest BCUT2D eigenvalue weighted by Gasteiger charge is 2.60. The summed E-state index contributed by atoms with van der Waals surface area (Å²) in [4.78, 5) is 0.114. The number of aryl methyl sites for hydroxylation is 1. The van der Waals surface area contributed by atoms with Gasteiger partial charge < -0.3 is 18.9 Å². The minimum absolute atomic E-state index is 0.114. The summed E-state index contributed by atoms with van der Waals surface area (Å²) >= 11 is 0. The zero-order valence-electron chi connectivity index (χ0n) is 13.7. The van der Waals surface area contributed by atoms with Crippen LogP contribution in [0.4, 0.5) is 0 Å². The van der Waals surface area contributed by atoms with E-state index < -0.39 is 40.5 Å². The van der Waals surface area contributed by atoms with Crippen molar-refractivity contribution in [1.82, 2.24) is 0 Å². The van der Waals surface area contributed by atoms with Crippen molar-refractivity contribution in [3.05, 3.63) is 29.8 Å². The molecule has 7 nitrogen and oxygen atoms in total. The summed E-state index contributed by atoms with van der Waals surface area (Å²) in [5.41, 5.74) is 0.974. The van der Waals surface area contributed by atoms with Crippen LogP contribution in [0.1, 0.15) is 19.4 Å². The van der Waals surface area contributed by atoms with Crippen molar-refractivity contribution < 1.29 is 31.5 Å². The molecule has 0 aliphatic carbocycles. The van der Waals surface area contributed by atoms with Crippen molar-refractivity contribution in [2.45, 2.75) is 62.2 Å². The Labute approximate surface area is 140 Å². The maximum absolute atomic E-state index is 12.4. The Morgan fingerprint density at radius 2 is 1.79 bits per heavy atom. The Kier molecular flexibility index (Phi) is 3.76.